The van der Waals surface area contributed by atoms with E-state index in [0.29, 0.717) is 16.7 Å². The van der Waals surface area contributed by atoms with Crippen molar-refractivity contribution >= 4 is 10.0 Å². The fraction of sp³-hybridized carbons (Fsp3) is 0.133. The quantitative estimate of drug-likeness (QED) is 0.904. The van der Waals surface area contributed by atoms with Crippen LogP contribution in [0.25, 0.3) is 0 Å². The summed E-state index contributed by atoms with van der Waals surface area (Å²) in [7, 11) is -3.72. The Kier molecular flexibility index (Phi) is 4.26. The zero-order valence-corrected chi connectivity index (χ0v) is 12.2. The number of phenolic OH excluding ortho intramolecular Hbond substituents is 1. The van der Waals surface area contributed by atoms with Crippen LogP contribution in [0.2, 0.25) is 0 Å². The van der Waals surface area contributed by atoms with Gasteiger partial charge in [-0.05, 0) is 42.3 Å². The summed E-state index contributed by atoms with van der Waals surface area (Å²) in [4.78, 5) is 0.0849. The highest BCUT2D eigenvalue weighted by Gasteiger charge is 2.17. The van der Waals surface area contributed by atoms with Gasteiger partial charge in [-0.15, -0.1) is 0 Å². The van der Waals surface area contributed by atoms with Gasteiger partial charge >= 0.3 is 0 Å². The molecule has 108 valence electrons. The zero-order chi connectivity index (χ0) is 15.5. The lowest BCUT2D eigenvalue weighted by Gasteiger charge is -2.10. The molecule has 0 saturated carbocycles. The number of phenols is 1. The second-order valence-corrected chi connectivity index (χ2v) is 6.32. The highest BCUT2D eigenvalue weighted by Crippen LogP contribution is 2.17. The Bertz CT molecular complexity index is 808. The van der Waals surface area contributed by atoms with Crippen molar-refractivity contribution < 1.29 is 13.5 Å². The van der Waals surface area contributed by atoms with Gasteiger partial charge in [0.05, 0.1) is 16.5 Å². The molecule has 0 fully saturated rings. The standard InChI is InChI=1S/C15H14N2O3S/c1-11-5-6-12(9-16)8-15(11)21(19,20)17-10-13-3-2-4-14(18)7-13/h2-8,17-18H,10H2,1H3. The highest BCUT2D eigenvalue weighted by atomic mass is 32.2. The lowest BCUT2D eigenvalue weighted by atomic mass is 10.2. The fourth-order valence-electron chi connectivity index (χ4n) is 1.88. The Morgan fingerprint density at radius 2 is 2.00 bits per heavy atom. The van der Waals surface area contributed by atoms with Crippen molar-refractivity contribution in [2.45, 2.75) is 18.4 Å². The van der Waals surface area contributed by atoms with Gasteiger partial charge < -0.3 is 5.11 Å². The van der Waals surface area contributed by atoms with Crippen LogP contribution in [0.3, 0.4) is 0 Å². The Hall–Kier alpha value is -2.36. The molecule has 0 aliphatic rings. The number of aromatic hydroxyl groups is 1. The normalized spacial score (nSPS) is 11.0. The summed E-state index contributed by atoms with van der Waals surface area (Å²) in [5.41, 5.74) is 1.50. The van der Waals surface area contributed by atoms with Gasteiger partial charge in [0.2, 0.25) is 10.0 Å². The lowest BCUT2D eigenvalue weighted by molar-refractivity contribution is 0.474. The lowest BCUT2D eigenvalue weighted by Crippen LogP contribution is -2.24. The first kappa shape index (κ1) is 15.0. The molecule has 0 unspecified atom stereocenters. The number of rotatable bonds is 4. The third kappa shape index (κ3) is 3.60. The molecule has 0 aromatic heterocycles. The minimum absolute atomic E-state index is 0.0625. The van der Waals surface area contributed by atoms with Crippen molar-refractivity contribution in [3.05, 3.63) is 59.2 Å². The second kappa shape index (κ2) is 5.95. The van der Waals surface area contributed by atoms with Crippen LogP contribution in [0.5, 0.6) is 5.75 Å². The number of nitrogens with one attached hydrogen (secondary N) is 1. The minimum Gasteiger partial charge on any atom is -0.508 e. The maximum Gasteiger partial charge on any atom is 0.241 e. The molecule has 2 aromatic carbocycles. The first-order valence-electron chi connectivity index (χ1n) is 6.21. The first-order chi connectivity index (χ1) is 9.92. The summed E-state index contributed by atoms with van der Waals surface area (Å²) in [5.74, 6) is 0.0781. The number of sulfonamides is 1. The molecule has 5 nitrogen and oxygen atoms in total. The van der Waals surface area contributed by atoms with Gasteiger partial charge in [0.1, 0.15) is 5.75 Å². The van der Waals surface area contributed by atoms with Gasteiger partial charge in [0.25, 0.3) is 0 Å². The topological polar surface area (TPSA) is 90.2 Å². The van der Waals surface area contributed by atoms with Crippen molar-refractivity contribution in [1.82, 2.24) is 4.72 Å². The van der Waals surface area contributed by atoms with Crippen LogP contribution in [0.15, 0.2) is 47.4 Å². The molecular weight excluding hydrogens is 288 g/mol. The Morgan fingerprint density at radius 1 is 1.24 bits per heavy atom. The maximum absolute atomic E-state index is 12.3. The molecule has 0 saturated heterocycles. The molecule has 6 heteroatoms. The van der Waals surface area contributed by atoms with Crippen molar-refractivity contribution in [1.29, 1.82) is 5.26 Å². The molecule has 2 rings (SSSR count). The first-order valence-corrected chi connectivity index (χ1v) is 7.69. The molecule has 0 aliphatic heterocycles. The van der Waals surface area contributed by atoms with Crippen LogP contribution < -0.4 is 4.72 Å². The van der Waals surface area contributed by atoms with Crippen molar-refractivity contribution in [3.63, 3.8) is 0 Å². The number of hydrogen-bond acceptors (Lipinski definition) is 4. The van der Waals surface area contributed by atoms with Crippen LogP contribution in [0.4, 0.5) is 0 Å². The summed E-state index contributed by atoms with van der Waals surface area (Å²) < 4.78 is 27.1. The van der Waals surface area contributed by atoms with Gasteiger partial charge in [-0.2, -0.15) is 5.26 Å². The van der Waals surface area contributed by atoms with Gasteiger partial charge in [0.15, 0.2) is 0 Å². The summed E-state index contributed by atoms with van der Waals surface area (Å²) >= 11 is 0. The van der Waals surface area contributed by atoms with E-state index in [0.717, 1.165) is 0 Å². The predicted octanol–water partition coefficient (Wildman–Crippen LogP) is 2.05. The van der Waals surface area contributed by atoms with E-state index in [2.05, 4.69) is 4.72 Å². The number of aryl methyl sites for hydroxylation is 1. The van der Waals surface area contributed by atoms with Crippen molar-refractivity contribution in [2.24, 2.45) is 0 Å². The van der Waals surface area contributed by atoms with Crippen LogP contribution in [0, 0.1) is 18.3 Å². The molecule has 0 bridgehead atoms. The predicted molar refractivity (Wildman–Crippen MR) is 78.0 cm³/mol. The average Bonchev–Trinajstić information content (AvgIpc) is 2.46. The number of benzene rings is 2. The van der Waals surface area contributed by atoms with Crippen LogP contribution in [-0.4, -0.2) is 13.5 Å². The zero-order valence-electron chi connectivity index (χ0n) is 11.4. The Morgan fingerprint density at radius 3 is 2.67 bits per heavy atom. The average molecular weight is 302 g/mol. The monoisotopic (exact) mass is 302 g/mol. The second-order valence-electron chi connectivity index (χ2n) is 4.59. The molecule has 0 amide bonds. The third-order valence-corrected chi connectivity index (χ3v) is 4.53. The third-order valence-electron chi connectivity index (χ3n) is 2.98. The van der Waals surface area contributed by atoms with Crippen molar-refractivity contribution in [2.75, 3.05) is 0 Å². The molecule has 2 aromatic rings. The van der Waals surface area contributed by atoms with Gasteiger partial charge in [-0.1, -0.05) is 18.2 Å². The molecule has 0 heterocycles. The molecule has 0 spiro atoms. The van der Waals surface area contributed by atoms with E-state index in [-0.39, 0.29) is 17.2 Å². The van der Waals surface area contributed by atoms with Crippen LogP contribution in [-0.2, 0) is 16.6 Å². The number of hydrogen-bond donors (Lipinski definition) is 2. The molecule has 2 N–H and O–H groups in total. The summed E-state index contributed by atoms with van der Waals surface area (Å²) in [5, 5.41) is 18.2. The maximum atomic E-state index is 12.3. The molecular formula is C15H14N2O3S. The van der Waals surface area contributed by atoms with E-state index in [4.69, 9.17) is 5.26 Å². The molecule has 0 atom stereocenters. The summed E-state index contributed by atoms with van der Waals surface area (Å²) in [6.45, 7) is 1.73. The smallest absolute Gasteiger partial charge is 0.241 e. The minimum atomic E-state index is -3.72. The van der Waals surface area contributed by atoms with Crippen LogP contribution >= 0.6 is 0 Å². The number of nitrogens with zero attached hydrogens (tertiary/aromatic N) is 1. The molecule has 0 radical (unpaired) electrons. The van der Waals surface area contributed by atoms with E-state index in [9.17, 15) is 13.5 Å². The van der Waals surface area contributed by atoms with Crippen molar-refractivity contribution in [3.8, 4) is 11.8 Å². The fourth-order valence-corrected chi connectivity index (χ4v) is 3.17. The van der Waals surface area contributed by atoms with E-state index >= 15 is 0 Å². The highest BCUT2D eigenvalue weighted by molar-refractivity contribution is 7.89. The van der Waals surface area contributed by atoms with E-state index in [1.54, 1.807) is 31.2 Å². The van der Waals surface area contributed by atoms with Gasteiger partial charge in [0, 0.05) is 6.54 Å². The SMILES string of the molecule is Cc1ccc(C#N)cc1S(=O)(=O)NCc1cccc(O)c1. The van der Waals surface area contributed by atoms with E-state index in [1.165, 1.54) is 18.2 Å². The van der Waals surface area contributed by atoms with E-state index < -0.39 is 10.0 Å². The molecule has 21 heavy (non-hydrogen) atoms. The van der Waals surface area contributed by atoms with Gasteiger partial charge in [-0.3, -0.25) is 0 Å². The number of nitriles is 1. The largest absolute Gasteiger partial charge is 0.508 e. The molecule has 0 aliphatic carbocycles. The van der Waals surface area contributed by atoms with E-state index in [1.807, 2.05) is 6.07 Å². The summed E-state index contributed by atoms with van der Waals surface area (Å²) in [6.07, 6.45) is 0. The van der Waals surface area contributed by atoms with Crippen LogP contribution in [0.1, 0.15) is 16.7 Å². The Balaban J connectivity index is 2.25. The summed E-state index contributed by atoms with van der Waals surface area (Å²) in [6, 6.07) is 12.8. The Labute approximate surface area is 123 Å². The van der Waals surface area contributed by atoms with Gasteiger partial charge in [-0.25, -0.2) is 13.1 Å².